The fourth-order valence-corrected chi connectivity index (χ4v) is 1.62. The van der Waals surface area contributed by atoms with Gasteiger partial charge in [0.05, 0.1) is 0 Å². The molecule has 0 saturated carbocycles. The van der Waals surface area contributed by atoms with Gasteiger partial charge in [-0.05, 0) is 45.0 Å². The highest BCUT2D eigenvalue weighted by Gasteiger charge is 2.27. The summed E-state index contributed by atoms with van der Waals surface area (Å²) in [6.45, 7) is 5.41. The van der Waals surface area contributed by atoms with E-state index in [0.29, 0.717) is 11.3 Å². The molecule has 1 amide bonds. The van der Waals surface area contributed by atoms with E-state index in [4.69, 9.17) is 10.9 Å². The van der Waals surface area contributed by atoms with Crippen molar-refractivity contribution in [1.82, 2.24) is 0 Å². The van der Waals surface area contributed by atoms with Gasteiger partial charge in [0.15, 0.2) is 5.84 Å². The smallest absolute Gasteiger partial charge is 0.412 e. The molecule has 0 fully saturated rings. The summed E-state index contributed by atoms with van der Waals surface area (Å²) >= 11 is 0. The first-order valence-corrected chi connectivity index (χ1v) is 5.38. The average Bonchev–Trinajstić information content (AvgIpc) is 2.26. The van der Waals surface area contributed by atoms with Gasteiger partial charge in [0.1, 0.15) is 0 Å². The zero-order valence-electron chi connectivity index (χ0n) is 10.6. The molecule has 0 bridgehead atoms. The van der Waals surface area contributed by atoms with Crippen molar-refractivity contribution in [3.8, 4) is 0 Å². The van der Waals surface area contributed by atoms with E-state index < -0.39 is 11.6 Å². The monoisotopic (exact) mass is 251 g/mol. The molecule has 4 N–H and O–H groups in total. The molecule has 6 nitrogen and oxygen atoms in total. The van der Waals surface area contributed by atoms with Gasteiger partial charge in [-0.25, -0.2) is 4.79 Å². The number of hydrogen-bond acceptors (Lipinski definition) is 3. The number of anilines is 1. The zero-order valence-corrected chi connectivity index (χ0v) is 10.6. The molecule has 0 aliphatic heterocycles. The molecule has 0 aliphatic rings. The van der Waals surface area contributed by atoms with E-state index in [1.807, 2.05) is 0 Å². The number of rotatable bonds is 2. The molecule has 0 radical (unpaired) electrons. The van der Waals surface area contributed by atoms with Crippen molar-refractivity contribution < 1.29 is 15.1 Å². The third kappa shape index (κ3) is 2.91. The molecular formula is C12H17N3O3. The van der Waals surface area contributed by atoms with Crippen molar-refractivity contribution in [3.63, 3.8) is 0 Å². The molecule has 1 rings (SSSR count). The largest absolute Gasteiger partial charge is 0.465 e. The van der Waals surface area contributed by atoms with Crippen LogP contribution in [0, 0.1) is 0 Å². The first kappa shape index (κ1) is 13.8. The molecule has 0 aliphatic carbocycles. The Balaban J connectivity index is 3.13. The number of carboxylic acid groups (broad SMARTS) is 1. The predicted octanol–water partition coefficient (Wildman–Crippen LogP) is 2.06. The molecule has 6 heteroatoms. The van der Waals surface area contributed by atoms with E-state index in [1.165, 1.54) is 4.90 Å². The summed E-state index contributed by atoms with van der Waals surface area (Å²) < 4.78 is 0. The van der Waals surface area contributed by atoms with E-state index in [0.717, 1.165) is 0 Å². The van der Waals surface area contributed by atoms with Gasteiger partial charge in [-0.15, -0.1) is 0 Å². The number of nitrogens with zero attached hydrogens (tertiary/aromatic N) is 2. The Morgan fingerprint density at radius 2 is 1.78 bits per heavy atom. The van der Waals surface area contributed by atoms with E-state index >= 15 is 0 Å². The van der Waals surface area contributed by atoms with Crippen LogP contribution in [0.4, 0.5) is 10.5 Å². The highest BCUT2D eigenvalue weighted by atomic mass is 16.4. The van der Waals surface area contributed by atoms with E-state index in [9.17, 15) is 9.90 Å². The van der Waals surface area contributed by atoms with Crippen LogP contribution in [0.25, 0.3) is 0 Å². The molecule has 0 spiro atoms. The lowest BCUT2D eigenvalue weighted by Crippen LogP contribution is -2.45. The molecule has 0 atom stereocenters. The van der Waals surface area contributed by atoms with Crippen LogP contribution in [-0.2, 0) is 0 Å². The number of oxime groups is 1. The van der Waals surface area contributed by atoms with Gasteiger partial charge in [-0.1, -0.05) is 5.16 Å². The molecule has 0 saturated heterocycles. The lowest BCUT2D eigenvalue weighted by Gasteiger charge is -2.33. The number of hydrogen-bond donors (Lipinski definition) is 3. The minimum absolute atomic E-state index is 0.0146. The standard InChI is InChI=1S/C12H17N3O3/c1-12(2,3)15(11(16)17)9-6-4-8(5-7-9)10(13)14-18/h4-7,18H,1-3H3,(H2,13,14)(H,16,17). The molecule has 0 heterocycles. The van der Waals surface area contributed by atoms with Gasteiger partial charge in [0.2, 0.25) is 0 Å². The Labute approximate surface area is 105 Å². The van der Waals surface area contributed by atoms with Gasteiger partial charge in [-0.3, -0.25) is 4.90 Å². The Kier molecular flexibility index (Phi) is 3.80. The number of amides is 1. The minimum atomic E-state index is -1.03. The van der Waals surface area contributed by atoms with Crippen molar-refractivity contribution in [1.29, 1.82) is 0 Å². The predicted molar refractivity (Wildman–Crippen MR) is 69.2 cm³/mol. The molecule has 0 unspecified atom stereocenters. The van der Waals surface area contributed by atoms with Crippen LogP contribution in [0.15, 0.2) is 29.4 Å². The lowest BCUT2D eigenvalue weighted by atomic mass is 10.0. The fourth-order valence-electron chi connectivity index (χ4n) is 1.62. The highest BCUT2D eigenvalue weighted by Crippen LogP contribution is 2.24. The summed E-state index contributed by atoms with van der Waals surface area (Å²) in [6.07, 6.45) is -1.03. The van der Waals surface area contributed by atoms with E-state index in [-0.39, 0.29) is 5.84 Å². The summed E-state index contributed by atoms with van der Waals surface area (Å²) in [5.41, 5.74) is 5.94. The van der Waals surface area contributed by atoms with Crippen LogP contribution in [-0.4, -0.2) is 27.8 Å². The Morgan fingerprint density at radius 3 is 2.11 bits per heavy atom. The van der Waals surface area contributed by atoms with Gasteiger partial charge < -0.3 is 16.0 Å². The van der Waals surface area contributed by atoms with Gasteiger partial charge >= 0.3 is 6.09 Å². The average molecular weight is 251 g/mol. The molecule has 18 heavy (non-hydrogen) atoms. The molecular weight excluding hydrogens is 234 g/mol. The van der Waals surface area contributed by atoms with Crippen LogP contribution in [0.5, 0.6) is 0 Å². The van der Waals surface area contributed by atoms with Gasteiger partial charge in [-0.2, -0.15) is 0 Å². The number of nitrogens with two attached hydrogens (primary N) is 1. The van der Waals surface area contributed by atoms with Crippen molar-refractivity contribution in [2.24, 2.45) is 10.9 Å². The molecule has 1 aromatic rings. The van der Waals surface area contributed by atoms with Crippen LogP contribution in [0.2, 0.25) is 0 Å². The van der Waals surface area contributed by atoms with Crippen LogP contribution in [0.1, 0.15) is 26.3 Å². The topological polar surface area (TPSA) is 99.2 Å². The van der Waals surface area contributed by atoms with Crippen LogP contribution < -0.4 is 10.6 Å². The maximum Gasteiger partial charge on any atom is 0.412 e. The molecule has 1 aromatic carbocycles. The van der Waals surface area contributed by atoms with Gasteiger partial charge in [0, 0.05) is 16.8 Å². The summed E-state index contributed by atoms with van der Waals surface area (Å²) in [6, 6.07) is 6.44. The Bertz CT molecular complexity index is 460. The maximum atomic E-state index is 11.3. The Hall–Kier alpha value is -2.24. The minimum Gasteiger partial charge on any atom is -0.465 e. The third-order valence-corrected chi connectivity index (χ3v) is 2.39. The lowest BCUT2D eigenvalue weighted by molar-refractivity contribution is 0.195. The second-order valence-corrected chi connectivity index (χ2v) is 4.82. The van der Waals surface area contributed by atoms with Crippen LogP contribution >= 0.6 is 0 Å². The second kappa shape index (κ2) is 4.95. The summed E-state index contributed by atoms with van der Waals surface area (Å²) in [5, 5.41) is 20.6. The molecule has 98 valence electrons. The number of amidine groups is 1. The number of carbonyl (C=O) groups is 1. The first-order valence-electron chi connectivity index (χ1n) is 5.38. The maximum absolute atomic E-state index is 11.3. The van der Waals surface area contributed by atoms with E-state index in [2.05, 4.69) is 5.16 Å². The molecule has 0 aromatic heterocycles. The summed E-state index contributed by atoms with van der Waals surface area (Å²) in [7, 11) is 0. The van der Waals surface area contributed by atoms with Crippen molar-refractivity contribution in [2.75, 3.05) is 4.90 Å². The van der Waals surface area contributed by atoms with Crippen molar-refractivity contribution in [3.05, 3.63) is 29.8 Å². The van der Waals surface area contributed by atoms with Crippen molar-refractivity contribution in [2.45, 2.75) is 26.3 Å². The second-order valence-electron chi connectivity index (χ2n) is 4.82. The summed E-state index contributed by atoms with van der Waals surface area (Å²) in [5.74, 6) is -0.0146. The quantitative estimate of drug-likeness (QED) is 0.324. The third-order valence-electron chi connectivity index (χ3n) is 2.39. The first-order chi connectivity index (χ1) is 8.27. The Morgan fingerprint density at radius 1 is 1.28 bits per heavy atom. The highest BCUT2D eigenvalue weighted by molar-refractivity contribution is 5.97. The summed E-state index contributed by atoms with van der Waals surface area (Å²) in [4.78, 5) is 12.5. The van der Waals surface area contributed by atoms with Crippen LogP contribution in [0.3, 0.4) is 0 Å². The van der Waals surface area contributed by atoms with Crippen molar-refractivity contribution >= 4 is 17.6 Å². The fraction of sp³-hybridized carbons (Fsp3) is 0.333. The van der Waals surface area contributed by atoms with Gasteiger partial charge in [0.25, 0.3) is 0 Å². The van der Waals surface area contributed by atoms with E-state index in [1.54, 1.807) is 45.0 Å². The SMILES string of the molecule is CC(C)(C)N(C(=O)O)c1ccc(/C(N)=N\O)cc1. The normalized spacial score (nSPS) is 12.3. The zero-order chi connectivity index (χ0) is 13.9. The number of benzene rings is 1.